The molecule has 1 aliphatic rings. The molecule has 1 atom stereocenters. The maximum atomic E-state index is 6.28. The van der Waals surface area contributed by atoms with Crippen molar-refractivity contribution >= 4 is 44.5 Å². The molecule has 9 aromatic rings. The molecule has 3 aromatic heterocycles. The van der Waals surface area contributed by atoms with Crippen LogP contribution in [0.5, 0.6) is 0 Å². The van der Waals surface area contributed by atoms with Crippen LogP contribution in [0.1, 0.15) is 22.9 Å². The average Bonchev–Trinajstić information content (AvgIpc) is 3.77. The van der Waals surface area contributed by atoms with E-state index >= 15 is 0 Å². The Kier molecular flexibility index (Phi) is 7.10. The fourth-order valence-corrected chi connectivity index (χ4v) is 6.90. The first-order valence-electron chi connectivity index (χ1n) is 17.2. The van der Waals surface area contributed by atoms with Crippen molar-refractivity contribution in [3.05, 3.63) is 192 Å². The molecule has 0 amide bonds. The summed E-state index contributed by atoms with van der Waals surface area (Å²) in [7, 11) is 0. The number of aliphatic imine (C=N–C) groups is 1. The van der Waals surface area contributed by atoms with E-state index in [2.05, 4.69) is 66.7 Å². The molecule has 0 fully saturated rings. The third kappa shape index (κ3) is 5.34. The quantitative estimate of drug-likeness (QED) is 0.176. The fraction of sp³-hybridized carbons (Fsp3) is 0.0217. The summed E-state index contributed by atoms with van der Waals surface area (Å²) in [6.07, 6.45) is 1.63. The van der Waals surface area contributed by atoms with Crippen LogP contribution in [-0.4, -0.2) is 15.7 Å². The highest BCUT2D eigenvalue weighted by Crippen LogP contribution is 2.42. The normalized spacial score (nSPS) is 14.3. The lowest BCUT2D eigenvalue weighted by Crippen LogP contribution is -2.09. The van der Waals surface area contributed by atoms with E-state index in [9.17, 15) is 0 Å². The number of allylic oxidation sites excluding steroid dienone is 1. The van der Waals surface area contributed by atoms with Crippen LogP contribution in [0.3, 0.4) is 0 Å². The van der Waals surface area contributed by atoms with Crippen LogP contribution in [0, 0.1) is 0 Å². The lowest BCUT2D eigenvalue weighted by molar-refractivity contribution is 0.524. The van der Waals surface area contributed by atoms with Crippen LogP contribution in [0.15, 0.2) is 184 Å². The zero-order chi connectivity index (χ0) is 34.4. The number of furan rings is 2. The third-order valence-electron chi connectivity index (χ3n) is 9.49. The Hall–Kier alpha value is -7.05. The number of aromatic nitrogens is 2. The van der Waals surface area contributed by atoms with Gasteiger partial charge in [0.2, 0.25) is 0 Å². The van der Waals surface area contributed by atoms with E-state index in [1.807, 2.05) is 103 Å². The molecule has 4 heterocycles. The van der Waals surface area contributed by atoms with E-state index in [-0.39, 0.29) is 0 Å². The molecule has 0 spiro atoms. The monoisotopic (exact) mass is 669 g/mol. The second-order valence-electron chi connectivity index (χ2n) is 12.8. The number of fused-ring (bicyclic) bond motifs is 5. The van der Waals surface area contributed by atoms with Crippen LogP contribution in [0.2, 0.25) is 0 Å². The summed E-state index contributed by atoms with van der Waals surface area (Å²) in [5, 5.41) is 7.91. The highest BCUT2D eigenvalue weighted by molar-refractivity contribution is 6.18. The van der Waals surface area contributed by atoms with Gasteiger partial charge in [-0.25, -0.2) is 9.97 Å². The van der Waals surface area contributed by atoms with Crippen LogP contribution in [0.25, 0.3) is 78.0 Å². The number of rotatable bonds is 6. The van der Waals surface area contributed by atoms with E-state index < -0.39 is 6.17 Å². The van der Waals surface area contributed by atoms with E-state index in [0.29, 0.717) is 11.6 Å². The van der Waals surface area contributed by atoms with Gasteiger partial charge >= 0.3 is 0 Å². The van der Waals surface area contributed by atoms with Gasteiger partial charge in [-0.1, -0.05) is 133 Å². The van der Waals surface area contributed by atoms with Gasteiger partial charge in [-0.2, -0.15) is 0 Å². The molecule has 6 nitrogen and oxygen atoms in total. The van der Waals surface area contributed by atoms with Crippen molar-refractivity contribution in [2.24, 2.45) is 4.99 Å². The molecular weight excluding hydrogens is 641 g/mol. The van der Waals surface area contributed by atoms with E-state index in [4.69, 9.17) is 29.1 Å². The number of benzene rings is 6. The fourth-order valence-electron chi connectivity index (χ4n) is 6.90. The topological polar surface area (TPSA) is 78.5 Å². The Morgan fingerprint density at radius 3 is 1.63 bits per heavy atom. The molecule has 0 aliphatic carbocycles. The minimum Gasteiger partial charge on any atom is -0.659 e. The van der Waals surface area contributed by atoms with Gasteiger partial charge in [0, 0.05) is 33.6 Å². The minimum absolute atomic E-state index is 0.441. The molecule has 0 bridgehead atoms. The molecule has 6 heteroatoms. The van der Waals surface area contributed by atoms with Gasteiger partial charge in [0.1, 0.15) is 11.2 Å². The molecule has 0 saturated heterocycles. The predicted octanol–water partition coefficient (Wildman–Crippen LogP) is 12.0. The molecule has 1 aliphatic heterocycles. The molecule has 10 rings (SSSR count). The Bertz CT molecular complexity index is 2750. The molecular formula is C46H29N4O2-. The predicted molar refractivity (Wildman–Crippen MR) is 209 cm³/mol. The van der Waals surface area contributed by atoms with Gasteiger partial charge in [0.15, 0.2) is 5.82 Å². The third-order valence-corrected chi connectivity index (χ3v) is 9.49. The Morgan fingerprint density at radius 1 is 0.481 bits per heavy atom. The van der Waals surface area contributed by atoms with Gasteiger partial charge in [-0.3, -0.25) is 4.99 Å². The largest absolute Gasteiger partial charge is 0.659 e. The average molecular weight is 670 g/mol. The van der Waals surface area contributed by atoms with Crippen molar-refractivity contribution in [1.29, 1.82) is 0 Å². The lowest BCUT2D eigenvalue weighted by Gasteiger charge is -2.37. The maximum absolute atomic E-state index is 6.28. The Labute approximate surface area is 299 Å². The van der Waals surface area contributed by atoms with Gasteiger partial charge in [0.25, 0.3) is 5.78 Å². The zero-order valence-electron chi connectivity index (χ0n) is 27.8. The zero-order valence-corrected chi connectivity index (χ0v) is 27.8. The Balaban J connectivity index is 1.10. The maximum Gasteiger partial charge on any atom is 0.299 e. The van der Waals surface area contributed by atoms with Gasteiger partial charge < -0.3 is 14.2 Å². The first kappa shape index (κ1) is 29.8. The Morgan fingerprint density at radius 2 is 1.02 bits per heavy atom. The van der Waals surface area contributed by atoms with Crippen LogP contribution in [-0.2, 0) is 0 Å². The van der Waals surface area contributed by atoms with E-state index in [1.165, 1.54) is 0 Å². The van der Waals surface area contributed by atoms with Crippen LogP contribution < -0.4 is 0 Å². The molecule has 6 aromatic carbocycles. The summed E-state index contributed by atoms with van der Waals surface area (Å²) >= 11 is 0. The summed E-state index contributed by atoms with van der Waals surface area (Å²) in [4.78, 5) is 15.3. The highest BCUT2D eigenvalue weighted by Gasteiger charge is 2.20. The summed E-state index contributed by atoms with van der Waals surface area (Å²) in [6.45, 7) is 0. The van der Waals surface area contributed by atoms with Gasteiger partial charge in [-0.05, 0) is 53.1 Å². The number of hydrogen-bond donors (Lipinski definition) is 0. The smallest absolute Gasteiger partial charge is 0.299 e. The molecule has 0 radical (unpaired) electrons. The second kappa shape index (κ2) is 12.4. The second-order valence-corrected chi connectivity index (χ2v) is 12.8. The molecule has 246 valence electrons. The first-order chi connectivity index (χ1) is 25.7. The molecule has 0 N–H and O–H groups in total. The van der Waals surface area contributed by atoms with Gasteiger partial charge in [0.05, 0.1) is 22.5 Å². The molecule has 0 saturated carbocycles. The first-order valence-corrected chi connectivity index (χ1v) is 17.2. The van der Waals surface area contributed by atoms with Crippen LogP contribution in [0.4, 0.5) is 0 Å². The van der Waals surface area contributed by atoms with Crippen molar-refractivity contribution < 1.29 is 8.83 Å². The lowest BCUT2D eigenvalue weighted by atomic mass is 10.0. The molecule has 52 heavy (non-hydrogen) atoms. The number of nitrogens with zero attached hydrogens (tertiary/aromatic N) is 4. The summed E-state index contributed by atoms with van der Waals surface area (Å²) in [5.74, 6) is 1.11. The summed E-state index contributed by atoms with van der Waals surface area (Å²) in [5.41, 5.74) is 11.0. The molecule has 1 unspecified atom stereocenters. The van der Waals surface area contributed by atoms with E-state index in [1.54, 1.807) is 0 Å². The van der Waals surface area contributed by atoms with Crippen molar-refractivity contribution in [2.45, 2.75) is 6.17 Å². The van der Waals surface area contributed by atoms with Crippen molar-refractivity contribution in [3.8, 4) is 33.9 Å². The van der Waals surface area contributed by atoms with E-state index in [0.717, 1.165) is 83.5 Å². The minimum atomic E-state index is -0.441. The van der Waals surface area contributed by atoms with Gasteiger partial charge in [-0.15, -0.1) is 5.70 Å². The van der Waals surface area contributed by atoms with Crippen LogP contribution >= 0.6 is 0 Å². The number of hydrogen-bond acceptors (Lipinski definition) is 5. The summed E-state index contributed by atoms with van der Waals surface area (Å²) < 4.78 is 12.6. The summed E-state index contributed by atoms with van der Waals surface area (Å²) in [6, 6.07) is 55.2. The highest BCUT2D eigenvalue weighted by atomic mass is 16.5. The standard InChI is InChI=1S/C46H29N4O2/c1-5-13-29(14-6-1)37-27-38(30-15-7-2-8-16-30)48-44(47-37)33-21-23-41-35(25-33)43-36-26-34(22-24-42(36)52-46(43)51-41)45-49-39(31-17-9-3-10-18-31)28-40(50-45)32-19-11-4-12-20-32/h1-28,44H/q-1. The van der Waals surface area contributed by atoms with Crippen molar-refractivity contribution in [1.82, 2.24) is 9.97 Å². The van der Waals surface area contributed by atoms with Crippen molar-refractivity contribution in [3.63, 3.8) is 0 Å². The SMILES string of the molecule is C1=C(c2ccccc2)[N-]C(c2ccc3oc4oc5ccc(-c6nc(-c7ccccc7)cc(-c7ccccc7)n6)cc5c4c3c2)N=C1c1ccccc1. The van der Waals surface area contributed by atoms with Crippen molar-refractivity contribution in [2.75, 3.05) is 0 Å².